The molecule has 3 N–H and O–H groups in total. The first-order chi connectivity index (χ1) is 52.9. The Hall–Kier alpha value is -11.6. The number of pyridine rings is 2. The first-order valence-corrected chi connectivity index (χ1v) is 39.0. The fourth-order valence-electron chi connectivity index (χ4n) is 13.9. The van der Waals surface area contributed by atoms with Gasteiger partial charge in [0.15, 0.2) is 0 Å². The summed E-state index contributed by atoms with van der Waals surface area (Å²) in [6.45, 7) is 14.6. The minimum atomic E-state index is -0.134. The van der Waals surface area contributed by atoms with Gasteiger partial charge in [-0.05, 0) is 203 Å². The second-order valence-corrected chi connectivity index (χ2v) is 32.3. The number of halogens is 3. The van der Waals surface area contributed by atoms with Crippen LogP contribution in [0.15, 0.2) is 316 Å². The number of thiazole rings is 2. The largest absolute Gasteiger partial charge is 0.399 e. The Morgan fingerprint density at radius 3 is 1.34 bits per heavy atom. The third-order valence-electron chi connectivity index (χ3n) is 19.6. The number of hydrogen-bond donors (Lipinski definition) is 2. The number of nitrogens with two attached hydrogens (primary N) is 1. The summed E-state index contributed by atoms with van der Waals surface area (Å²) in [6.07, 6.45) is 3.66. The summed E-state index contributed by atoms with van der Waals surface area (Å²) < 4.78 is 6.79. The van der Waals surface area contributed by atoms with E-state index in [1.807, 2.05) is 91.3 Å². The molecule has 0 fully saturated rings. The topological polar surface area (TPSA) is 106 Å². The molecule has 15 heteroatoms. The minimum Gasteiger partial charge on any atom is -0.399 e. The van der Waals surface area contributed by atoms with Gasteiger partial charge < -0.3 is 20.9 Å². The van der Waals surface area contributed by atoms with Crippen molar-refractivity contribution in [1.29, 1.82) is 0 Å². The number of aromatic nitrogens is 6. The molecule has 0 aliphatic heterocycles. The van der Waals surface area contributed by atoms with E-state index in [-0.39, 0.29) is 10.8 Å². The number of rotatable bonds is 14. The molecule has 0 aliphatic rings. The molecule has 12 aromatic carbocycles. The minimum absolute atomic E-state index is 0.0574. The van der Waals surface area contributed by atoms with Crippen molar-refractivity contribution in [3.05, 3.63) is 353 Å². The van der Waals surface area contributed by atoms with E-state index < -0.39 is 0 Å². The molecule has 18 rings (SSSR count). The van der Waals surface area contributed by atoms with Crippen LogP contribution in [0.4, 0.5) is 39.8 Å². The van der Waals surface area contributed by atoms with E-state index in [0.29, 0.717) is 28.2 Å². The molecule has 0 unspecified atom stereocenters. The maximum Gasteiger partial charge on any atom is 0.137 e. The van der Waals surface area contributed by atoms with Gasteiger partial charge in [-0.3, -0.25) is 9.13 Å². The van der Waals surface area contributed by atoms with Crippen molar-refractivity contribution in [3.63, 3.8) is 0 Å². The van der Waals surface area contributed by atoms with Crippen molar-refractivity contribution < 1.29 is 0 Å². The first kappa shape index (κ1) is 71.6. The van der Waals surface area contributed by atoms with Gasteiger partial charge in [-0.1, -0.05) is 210 Å². The number of hydrogen-bond acceptors (Lipinski definition) is 10. The second-order valence-electron chi connectivity index (χ2n) is 29.1. The molecule has 6 heterocycles. The summed E-state index contributed by atoms with van der Waals surface area (Å²) in [7, 11) is 0. The third kappa shape index (κ3) is 15.1. The molecule has 0 radical (unpaired) electrons. The van der Waals surface area contributed by atoms with Gasteiger partial charge in [-0.25, -0.2) is 19.9 Å². The average Bonchev–Trinajstić information content (AvgIpc) is 1.62. The molecule has 10 nitrogen and oxygen atoms in total. The van der Waals surface area contributed by atoms with E-state index in [9.17, 15) is 0 Å². The normalized spacial score (nSPS) is 11.6. The van der Waals surface area contributed by atoms with E-state index in [2.05, 4.69) is 295 Å². The Kier molecular flexibility index (Phi) is 20.1. The first-order valence-electron chi connectivity index (χ1n) is 36.2. The number of benzene rings is 12. The van der Waals surface area contributed by atoms with Crippen molar-refractivity contribution in [2.24, 2.45) is 0 Å². The van der Waals surface area contributed by atoms with Crippen molar-refractivity contribution >= 4 is 161 Å². The lowest BCUT2D eigenvalue weighted by atomic mass is 9.86. The van der Waals surface area contributed by atoms with Crippen LogP contribution in [-0.2, 0) is 23.9 Å². The van der Waals surface area contributed by atoms with Crippen LogP contribution < -0.4 is 20.9 Å². The Bertz CT molecular complexity index is 6220. The lowest BCUT2D eigenvalue weighted by Gasteiger charge is -2.30. The zero-order valence-corrected chi connectivity index (χ0v) is 64.9. The van der Waals surface area contributed by atoms with Crippen LogP contribution in [0.5, 0.6) is 0 Å². The van der Waals surface area contributed by atoms with Crippen LogP contribution >= 0.6 is 57.5 Å². The molecule has 109 heavy (non-hydrogen) atoms. The van der Waals surface area contributed by atoms with Crippen LogP contribution in [0.2, 0.25) is 15.1 Å². The summed E-state index contributed by atoms with van der Waals surface area (Å²) in [5.41, 5.74) is 25.7. The lowest BCUT2D eigenvalue weighted by Crippen LogP contribution is -2.19. The standard InChI is InChI=1S/C47H38ClN5S.C30H26Cl2N2S.C17H13N3/c1-47(2,3)33-27-39(50-34-22-20-32(21-23-34)46-51-38-16-8-10-18-43(38)54-46)45(48)42(28-33)52(30-31-13-5-4-6-14-31)35-24-25-41-37(29-35)36-15-7-9-17-40(36)53(41)44-19-11-12-26-49-44;1-30(2,3)22-17-24(31)28(32)26(18-22)34(19-20-9-5-4-6-10-20)23-15-13-21(14-16-23)29-33-25-11-7-8-12-27(25)35-29;18-12-8-9-16-14(11-12)13-5-1-2-6-15(13)20(16)17-7-3-4-10-19-17/h4-29,50H,30H2,1-3H3;4-18H,19H2,1-3H3;1-11H,18H2. The summed E-state index contributed by atoms with van der Waals surface area (Å²) in [5, 5.41) is 12.2. The summed E-state index contributed by atoms with van der Waals surface area (Å²) in [4.78, 5) is 23.5. The van der Waals surface area contributed by atoms with Crippen molar-refractivity contribution in [1.82, 2.24) is 29.1 Å². The molecule has 6 aromatic heterocycles. The van der Waals surface area contributed by atoms with E-state index in [0.717, 1.165) is 122 Å². The zero-order valence-electron chi connectivity index (χ0n) is 61.0. The van der Waals surface area contributed by atoms with Gasteiger partial charge in [0.25, 0.3) is 0 Å². The second kappa shape index (κ2) is 30.6. The van der Waals surface area contributed by atoms with Crippen LogP contribution in [-0.4, -0.2) is 29.1 Å². The quantitative estimate of drug-likeness (QED) is 0.104. The van der Waals surface area contributed by atoms with Gasteiger partial charge in [0.05, 0.1) is 74.6 Å². The highest BCUT2D eigenvalue weighted by molar-refractivity contribution is 7.22. The molecular formula is C94H77Cl3N10S2. The summed E-state index contributed by atoms with van der Waals surface area (Å²) >= 11 is 24.4. The maximum atomic E-state index is 7.54. The predicted octanol–water partition coefficient (Wildman–Crippen LogP) is 27.2. The number of anilines is 7. The third-order valence-corrected chi connectivity index (χ3v) is 22.9. The Balaban J connectivity index is 0.000000140. The maximum absolute atomic E-state index is 7.54. The molecule has 536 valence electrons. The number of nitrogens with one attached hydrogen (secondary N) is 1. The van der Waals surface area contributed by atoms with Gasteiger partial charge >= 0.3 is 0 Å². The van der Waals surface area contributed by atoms with Crippen molar-refractivity contribution in [2.45, 2.75) is 65.5 Å². The Morgan fingerprint density at radius 2 is 0.826 bits per heavy atom. The summed E-state index contributed by atoms with van der Waals surface area (Å²) in [6, 6.07) is 105. The monoisotopic (exact) mass is 1510 g/mol. The van der Waals surface area contributed by atoms with Crippen molar-refractivity contribution in [2.75, 3.05) is 20.9 Å². The molecule has 0 bridgehead atoms. The number of para-hydroxylation sites is 4. The SMILES string of the molecule is CC(C)(C)c1cc(Cl)c(Cl)c(N(Cc2ccccc2)c2ccc(-c3nc4ccccc4s3)cc2)c1.CC(C)(C)c1cc(Nc2ccc(-c3nc4ccccc4s3)cc2)c(Cl)c(N(Cc2ccccc2)c2ccc3c(c2)c2ccccc2n3-c2ccccn2)c1.Nc1ccc2c(c1)c1ccccc1n2-c1ccccn1. The number of nitrogens with zero attached hydrogens (tertiary/aromatic N) is 8. The molecule has 0 spiro atoms. The van der Waals surface area contributed by atoms with Crippen LogP contribution in [0.1, 0.15) is 63.8 Å². The van der Waals surface area contributed by atoms with Gasteiger partial charge in [0, 0.05) is 80.9 Å². The van der Waals surface area contributed by atoms with Crippen LogP contribution in [0.25, 0.3) is 96.8 Å². The molecule has 0 aliphatic carbocycles. The lowest BCUT2D eigenvalue weighted by molar-refractivity contribution is 0.590. The summed E-state index contributed by atoms with van der Waals surface area (Å²) in [5.74, 6) is 1.81. The molecule has 0 saturated carbocycles. The predicted molar refractivity (Wildman–Crippen MR) is 465 cm³/mol. The fourth-order valence-corrected chi connectivity index (χ4v) is 16.5. The van der Waals surface area contributed by atoms with E-state index in [4.69, 9.17) is 55.5 Å². The fraction of sp³-hybridized carbons (Fsp3) is 0.106. The highest BCUT2D eigenvalue weighted by atomic mass is 35.5. The molecule has 0 amide bonds. The Morgan fingerprint density at radius 1 is 0.394 bits per heavy atom. The van der Waals surface area contributed by atoms with Gasteiger partial charge in [-0.2, -0.15) is 0 Å². The van der Waals surface area contributed by atoms with Gasteiger partial charge in [0.1, 0.15) is 21.7 Å². The number of fused-ring (bicyclic) bond motifs is 8. The average molecular weight is 1520 g/mol. The van der Waals surface area contributed by atoms with Crippen LogP contribution in [0.3, 0.4) is 0 Å². The Labute approximate surface area is 657 Å². The van der Waals surface area contributed by atoms with E-state index >= 15 is 0 Å². The highest BCUT2D eigenvalue weighted by Gasteiger charge is 2.26. The van der Waals surface area contributed by atoms with E-state index in [1.165, 1.54) is 36.9 Å². The zero-order chi connectivity index (χ0) is 74.9. The molecule has 0 saturated heterocycles. The van der Waals surface area contributed by atoms with E-state index in [1.54, 1.807) is 22.7 Å². The van der Waals surface area contributed by atoms with Crippen molar-refractivity contribution in [3.8, 4) is 32.8 Å². The van der Waals surface area contributed by atoms with Crippen LogP contribution in [0, 0.1) is 0 Å². The van der Waals surface area contributed by atoms with Gasteiger partial charge in [0.2, 0.25) is 0 Å². The van der Waals surface area contributed by atoms with Gasteiger partial charge in [-0.15, -0.1) is 22.7 Å². The highest BCUT2D eigenvalue weighted by Crippen LogP contribution is 2.47. The molecular weight excluding hydrogens is 1440 g/mol. The molecule has 18 aromatic rings. The number of nitrogen functional groups attached to an aromatic ring is 1. The smallest absolute Gasteiger partial charge is 0.137 e. The molecule has 0 atom stereocenters.